The minimum absolute atomic E-state index is 0.274. The first-order chi connectivity index (χ1) is 5.41. The molecule has 11 heavy (non-hydrogen) atoms. The standard InChI is InChI=1S/C9H16OS/c1-2-5-9(6-3-1)10-7-4-8-11-9/h1-8H2. The van der Waals surface area contributed by atoms with Gasteiger partial charge in [-0.05, 0) is 37.9 Å². The largest absolute Gasteiger partial charge is 0.364 e. The molecule has 0 aromatic rings. The molecule has 0 N–H and O–H groups in total. The Kier molecular flexibility index (Phi) is 2.42. The molecule has 2 rings (SSSR count). The van der Waals surface area contributed by atoms with E-state index in [-0.39, 0.29) is 4.93 Å². The van der Waals surface area contributed by atoms with Gasteiger partial charge in [-0.25, -0.2) is 0 Å². The lowest BCUT2D eigenvalue weighted by atomic mass is 9.97. The smallest absolute Gasteiger partial charge is 0.113 e. The van der Waals surface area contributed by atoms with Crippen molar-refractivity contribution in [2.45, 2.75) is 43.5 Å². The Bertz CT molecular complexity index is 104. The molecule has 1 saturated carbocycles. The maximum atomic E-state index is 5.87. The third kappa shape index (κ3) is 1.73. The molecule has 0 aromatic heterocycles. The topological polar surface area (TPSA) is 9.23 Å². The number of rotatable bonds is 0. The predicted molar refractivity (Wildman–Crippen MR) is 48.8 cm³/mol. The first kappa shape index (κ1) is 7.93. The summed E-state index contributed by atoms with van der Waals surface area (Å²) >= 11 is 2.06. The minimum Gasteiger partial charge on any atom is -0.364 e. The molecule has 64 valence electrons. The molecule has 0 bridgehead atoms. The Labute approximate surface area is 72.9 Å². The lowest BCUT2D eigenvalue weighted by Crippen LogP contribution is -2.35. The highest BCUT2D eigenvalue weighted by atomic mass is 32.2. The van der Waals surface area contributed by atoms with E-state index in [1.807, 2.05) is 0 Å². The van der Waals surface area contributed by atoms with E-state index < -0.39 is 0 Å². The molecule has 2 heteroatoms. The molecule has 1 spiro atoms. The average Bonchev–Trinajstić information content (AvgIpc) is 2.07. The predicted octanol–water partition coefficient (Wildman–Crippen LogP) is 2.80. The van der Waals surface area contributed by atoms with Crippen LogP contribution >= 0.6 is 11.8 Å². The molecule has 1 aliphatic heterocycles. The third-order valence-corrected chi connectivity index (χ3v) is 4.18. The zero-order chi connectivity index (χ0) is 7.57. The van der Waals surface area contributed by atoms with E-state index in [2.05, 4.69) is 11.8 Å². The van der Waals surface area contributed by atoms with Gasteiger partial charge in [0.2, 0.25) is 0 Å². The van der Waals surface area contributed by atoms with E-state index in [1.54, 1.807) is 0 Å². The Hall–Kier alpha value is 0.310. The summed E-state index contributed by atoms with van der Waals surface area (Å²) in [5, 5.41) is 0. The fraction of sp³-hybridized carbons (Fsp3) is 1.00. The maximum Gasteiger partial charge on any atom is 0.113 e. The van der Waals surface area contributed by atoms with E-state index in [1.165, 1.54) is 44.3 Å². The number of ether oxygens (including phenoxy) is 1. The fourth-order valence-corrected chi connectivity index (χ4v) is 3.37. The molecule has 0 radical (unpaired) electrons. The van der Waals surface area contributed by atoms with Gasteiger partial charge < -0.3 is 4.74 Å². The van der Waals surface area contributed by atoms with E-state index in [0.29, 0.717) is 0 Å². The van der Waals surface area contributed by atoms with E-state index in [0.717, 1.165) is 6.61 Å². The van der Waals surface area contributed by atoms with Crippen LogP contribution in [0.4, 0.5) is 0 Å². The van der Waals surface area contributed by atoms with Crippen molar-refractivity contribution >= 4 is 11.8 Å². The van der Waals surface area contributed by atoms with Gasteiger partial charge in [0.15, 0.2) is 0 Å². The van der Waals surface area contributed by atoms with Gasteiger partial charge >= 0.3 is 0 Å². The summed E-state index contributed by atoms with van der Waals surface area (Å²) in [6, 6.07) is 0. The zero-order valence-corrected chi connectivity index (χ0v) is 7.79. The van der Waals surface area contributed by atoms with Crippen molar-refractivity contribution < 1.29 is 4.74 Å². The van der Waals surface area contributed by atoms with Crippen LogP contribution in [-0.4, -0.2) is 17.3 Å². The highest BCUT2D eigenvalue weighted by Crippen LogP contribution is 2.43. The van der Waals surface area contributed by atoms with Crippen molar-refractivity contribution in [3.63, 3.8) is 0 Å². The first-order valence-electron chi connectivity index (χ1n) is 4.69. The summed E-state index contributed by atoms with van der Waals surface area (Å²) in [4.78, 5) is 0.274. The molecule has 0 unspecified atom stereocenters. The summed E-state index contributed by atoms with van der Waals surface area (Å²) in [7, 11) is 0. The minimum atomic E-state index is 0.274. The van der Waals surface area contributed by atoms with Gasteiger partial charge in [0.1, 0.15) is 4.93 Å². The van der Waals surface area contributed by atoms with Gasteiger partial charge in [-0.3, -0.25) is 0 Å². The quantitative estimate of drug-likeness (QED) is 0.555. The van der Waals surface area contributed by atoms with E-state index in [4.69, 9.17) is 4.74 Å². The number of thioether (sulfide) groups is 1. The highest BCUT2D eigenvalue weighted by Gasteiger charge is 2.34. The van der Waals surface area contributed by atoms with Crippen LogP contribution in [0.2, 0.25) is 0 Å². The van der Waals surface area contributed by atoms with E-state index >= 15 is 0 Å². The molecule has 1 saturated heterocycles. The molecule has 2 aliphatic rings. The average molecular weight is 172 g/mol. The van der Waals surface area contributed by atoms with Gasteiger partial charge in [0.05, 0.1) is 0 Å². The molecular formula is C9H16OS. The summed E-state index contributed by atoms with van der Waals surface area (Å²) in [5.74, 6) is 1.32. The molecular weight excluding hydrogens is 156 g/mol. The first-order valence-corrected chi connectivity index (χ1v) is 5.68. The Morgan fingerprint density at radius 1 is 1.00 bits per heavy atom. The van der Waals surface area contributed by atoms with Crippen LogP contribution in [0.15, 0.2) is 0 Å². The highest BCUT2D eigenvalue weighted by molar-refractivity contribution is 8.00. The van der Waals surface area contributed by atoms with Crippen molar-refractivity contribution in [2.75, 3.05) is 12.4 Å². The lowest BCUT2D eigenvalue weighted by molar-refractivity contribution is -0.00535. The fourth-order valence-electron chi connectivity index (χ4n) is 2.00. The lowest BCUT2D eigenvalue weighted by Gasteiger charge is -2.39. The van der Waals surface area contributed by atoms with Crippen molar-refractivity contribution in [1.82, 2.24) is 0 Å². The van der Waals surface area contributed by atoms with Crippen molar-refractivity contribution in [3.05, 3.63) is 0 Å². The van der Waals surface area contributed by atoms with E-state index in [9.17, 15) is 0 Å². The second kappa shape index (κ2) is 3.36. The molecule has 0 amide bonds. The Morgan fingerprint density at radius 2 is 1.82 bits per heavy atom. The third-order valence-electron chi connectivity index (χ3n) is 2.63. The Balaban J connectivity index is 1.94. The summed E-state index contributed by atoms with van der Waals surface area (Å²) in [6.45, 7) is 1.01. The molecule has 0 atom stereocenters. The molecule has 2 fully saturated rings. The molecule has 1 heterocycles. The normalized spacial score (nSPS) is 30.5. The van der Waals surface area contributed by atoms with Crippen LogP contribution in [0.5, 0.6) is 0 Å². The van der Waals surface area contributed by atoms with Crippen LogP contribution in [0.3, 0.4) is 0 Å². The van der Waals surface area contributed by atoms with Crippen LogP contribution in [0, 0.1) is 0 Å². The second-order valence-corrected chi connectivity index (χ2v) is 4.96. The summed E-state index contributed by atoms with van der Waals surface area (Å²) < 4.78 is 5.87. The molecule has 1 aliphatic carbocycles. The second-order valence-electron chi connectivity index (χ2n) is 3.52. The van der Waals surface area contributed by atoms with Crippen molar-refractivity contribution in [3.8, 4) is 0 Å². The van der Waals surface area contributed by atoms with Gasteiger partial charge in [-0.15, -0.1) is 11.8 Å². The zero-order valence-electron chi connectivity index (χ0n) is 6.97. The van der Waals surface area contributed by atoms with Crippen LogP contribution in [0.25, 0.3) is 0 Å². The number of hydrogen-bond acceptors (Lipinski definition) is 2. The molecule has 1 nitrogen and oxygen atoms in total. The van der Waals surface area contributed by atoms with Crippen molar-refractivity contribution in [2.24, 2.45) is 0 Å². The number of hydrogen-bond donors (Lipinski definition) is 0. The van der Waals surface area contributed by atoms with Gasteiger partial charge in [0.25, 0.3) is 0 Å². The Morgan fingerprint density at radius 3 is 2.45 bits per heavy atom. The molecule has 0 aromatic carbocycles. The van der Waals surface area contributed by atoms with Crippen LogP contribution in [-0.2, 0) is 4.74 Å². The van der Waals surface area contributed by atoms with Gasteiger partial charge in [-0.1, -0.05) is 6.42 Å². The van der Waals surface area contributed by atoms with Crippen molar-refractivity contribution in [1.29, 1.82) is 0 Å². The monoisotopic (exact) mass is 172 g/mol. The van der Waals surface area contributed by atoms with Gasteiger partial charge in [-0.2, -0.15) is 0 Å². The van der Waals surface area contributed by atoms with Crippen LogP contribution in [0.1, 0.15) is 38.5 Å². The van der Waals surface area contributed by atoms with Gasteiger partial charge in [0, 0.05) is 6.61 Å². The summed E-state index contributed by atoms with van der Waals surface area (Å²) in [6.07, 6.45) is 8.05. The maximum absolute atomic E-state index is 5.87. The summed E-state index contributed by atoms with van der Waals surface area (Å²) in [5.41, 5.74) is 0. The SMILES string of the molecule is C1CCC2(CC1)OCCCS2. The van der Waals surface area contributed by atoms with Crippen LogP contribution < -0.4 is 0 Å².